The molecular formula is C14H13ClN2O6S2. The van der Waals surface area contributed by atoms with Gasteiger partial charge in [0.2, 0.25) is 0 Å². The standard InChI is InChI=1S/C14H13ClN2O6S2/c1-9-13(15)7-12(8-14(9)17(18)19)25(22,23)16-10-3-5-11(6-4-10)24(2,20)21/h3-8,16H,1-2H3. The fourth-order valence-electron chi connectivity index (χ4n) is 1.97. The Balaban J connectivity index is 2.41. The largest absolute Gasteiger partial charge is 0.280 e. The maximum Gasteiger partial charge on any atom is 0.275 e. The van der Waals surface area contributed by atoms with Gasteiger partial charge in [0.25, 0.3) is 15.7 Å². The van der Waals surface area contributed by atoms with Gasteiger partial charge in [-0.15, -0.1) is 0 Å². The summed E-state index contributed by atoms with van der Waals surface area (Å²) in [6.45, 7) is 1.41. The van der Waals surface area contributed by atoms with Gasteiger partial charge in [0.15, 0.2) is 9.84 Å². The molecule has 2 rings (SSSR count). The molecule has 134 valence electrons. The Morgan fingerprint density at radius 1 is 1.04 bits per heavy atom. The predicted octanol–water partition coefficient (Wildman–Crippen LogP) is 2.76. The van der Waals surface area contributed by atoms with Gasteiger partial charge in [-0.1, -0.05) is 11.6 Å². The van der Waals surface area contributed by atoms with Crippen LogP contribution in [0.15, 0.2) is 46.2 Å². The third kappa shape index (κ3) is 4.27. The van der Waals surface area contributed by atoms with E-state index in [1.54, 1.807) is 0 Å². The van der Waals surface area contributed by atoms with E-state index in [0.717, 1.165) is 18.4 Å². The minimum absolute atomic E-state index is 0.0319. The van der Waals surface area contributed by atoms with Crippen LogP contribution in [0.1, 0.15) is 5.56 Å². The first-order chi connectivity index (χ1) is 11.4. The molecule has 0 saturated carbocycles. The number of benzene rings is 2. The van der Waals surface area contributed by atoms with Crippen LogP contribution >= 0.6 is 11.6 Å². The Labute approximate surface area is 149 Å². The number of rotatable bonds is 5. The van der Waals surface area contributed by atoms with Crippen molar-refractivity contribution in [2.45, 2.75) is 16.7 Å². The zero-order valence-corrected chi connectivity index (χ0v) is 15.4. The van der Waals surface area contributed by atoms with Crippen LogP contribution in [0.3, 0.4) is 0 Å². The van der Waals surface area contributed by atoms with Crippen molar-refractivity contribution in [2.24, 2.45) is 0 Å². The molecule has 0 saturated heterocycles. The number of nitro benzene ring substituents is 1. The highest BCUT2D eigenvalue weighted by Crippen LogP contribution is 2.30. The van der Waals surface area contributed by atoms with Gasteiger partial charge in [0.1, 0.15) is 0 Å². The van der Waals surface area contributed by atoms with E-state index in [1.165, 1.54) is 31.2 Å². The molecule has 25 heavy (non-hydrogen) atoms. The van der Waals surface area contributed by atoms with E-state index >= 15 is 0 Å². The van der Waals surface area contributed by atoms with Crippen molar-refractivity contribution in [2.75, 3.05) is 11.0 Å². The van der Waals surface area contributed by atoms with E-state index in [0.29, 0.717) is 0 Å². The Kier molecular flexibility index (Phi) is 5.07. The smallest absolute Gasteiger partial charge is 0.275 e. The van der Waals surface area contributed by atoms with Crippen molar-refractivity contribution in [3.8, 4) is 0 Å². The first kappa shape index (κ1) is 19.2. The zero-order valence-electron chi connectivity index (χ0n) is 13.1. The number of halogens is 1. The number of nitrogens with zero attached hydrogens (tertiary/aromatic N) is 1. The number of anilines is 1. The molecular weight excluding hydrogens is 392 g/mol. The minimum Gasteiger partial charge on any atom is -0.280 e. The van der Waals surface area contributed by atoms with Gasteiger partial charge in [-0.2, -0.15) is 0 Å². The summed E-state index contributed by atoms with van der Waals surface area (Å²) in [6.07, 6.45) is 1.03. The molecule has 0 radical (unpaired) electrons. The molecule has 0 aromatic heterocycles. The first-order valence-electron chi connectivity index (χ1n) is 6.69. The lowest BCUT2D eigenvalue weighted by atomic mass is 10.2. The second-order valence-corrected chi connectivity index (χ2v) is 9.31. The van der Waals surface area contributed by atoms with Gasteiger partial charge in [0, 0.05) is 23.6 Å². The molecule has 2 aromatic carbocycles. The van der Waals surface area contributed by atoms with Crippen molar-refractivity contribution in [3.05, 3.63) is 57.1 Å². The molecule has 0 heterocycles. The Morgan fingerprint density at radius 2 is 1.60 bits per heavy atom. The highest BCUT2D eigenvalue weighted by atomic mass is 35.5. The Morgan fingerprint density at radius 3 is 2.08 bits per heavy atom. The molecule has 0 unspecified atom stereocenters. The molecule has 0 spiro atoms. The SMILES string of the molecule is Cc1c(Cl)cc(S(=O)(=O)Nc2ccc(S(C)(=O)=O)cc2)cc1[N+](=O)[O-]. The number of sulfone groups is 1. The monoisotopic (exact) mass is 404 g/mol. The molecule has 0 aliphatic rings. The highest BCUT2D eigenvalue weighted by molar-refractivity contribution is 7.92. The van der Waals surface area contributed by atoms with Gasteiger partial charge in [-0.25, -0.2) is 16.8 Å². The van der Waals surface area contributed by atoms with Crippen molar-refractivity contribution >= 4 is 42.8 Å². The zero-order chi connectivity index (χ0) is 19.0. The summed E-state index contributed by atoms with van der Waals surface area (Å²) >= 11 is 5.88. The minimum atomic E-state index is -4.15. The van der Waals surface area contributed by atoms with Gasteiger partial charge in [-0.05, 0) is 37.3 Å². The lowest BCUT2D eigenvalue weighted by Gasteiger charge is -2.10. The van der Waals surface area contributed by atoms with Crippen LogP contribution in [-0.2, 0) is 19.9 Å². The van der Waals surface area contributed by atoms with E-state index < -0.39 is 30.5 Å². The van der Waals surface area contributed by atoms with Crippen LogP contribution in [0.25, 0.3) is 0 Å². The average Bonchev–Trinajstić information content (AvgIpc) is 2.48. The fraction of sp³-hybridized carbons (Fsp3) is 0.143. The predicted molar refractivity (Wildman–Crippen MR) is 93.2 cm³/mol. The maximum absolute atomic E-state index is 12.4. The molecule has 0 amide bonds. The number of nitro groups is 1. The quantitative estimate of drug-likeness (QED) is 0.603. The summed E-state index contributed by atoms with van der Waals surface area (Å²) in [5.41, 5.74) is -0.157. The van der Waals surface area contributed by atoms with E-state index in [4.69, 9.17) is 11.6 Å². The molecule has 0 bridgehead atoms. The first-order valence-corrected chi connectivity index (χ1v) is 10.4. The van der Waals surface area contributed by atoms with E-state index in [2.05, 4.69) is 4.72 Å². The summed E-state index contributed by atoms with van der Waals surface area (Å²) in [5.74, 6) is 0. The topological polar surface area (TPSA) is 123 Å². The third-order valence-electron chi connectivity index (χ3n) is 3.33. The van der Waals surface area contributed by atoms with Crippen LogP contribution in [0.2, 0.25) is 5.02 Å². The lowest BCUT2D eigenvalue weighted by Crippen LogP contribution is -2.13. The summed E-state index contributed by atoms with van der Waals surface area (Å²) in [5, 5.41) is 11.0. The molecule has 11 heteroatoms. The molecule has 0 fully saturated rings. The third-order valence-corrected chi connectivity index (χ3v) is 6.21. The highest BCUT2D eigenvalue weighted by Gasteiger charge is 2.22. The summed E-state index contributed by atoms with van der Waals surface area (Å²) in [4.78, 5) is 9.96. The Hall–Kier alpha value is -2.17. The van der Waals surface area contributed by atoms with Gasteiger partial charge >= 0.3 is 0 Å². The Bertz CT molecular complexity index is 1050. The summed E-state index contributed by atoms with van der Waals surface area (Å²) < 4.78 is 49.9. The molecule has 0 aliphatic heterocycles. The summed E-state index contributed by atoms with van der Waals surface area (Å²) in [7, 11) is -7.56. The molecule has 8 nitrogen and oxygen atoms in total. The average molecular weight is 405 g/mol. The van der Waals surface area contributed by atoms with E-state index in [-0.39, 0.29) is 26.1 Å². The van der Waals surface area contributed by atoms with Crippen LogP contribution in [0.4, 0.5) is 11.4 Å². The van der Waals surface area contributed by atoms with Gasteiger partial charge in [-0.3, -0.25) is 14.8 Å². The van der Waals surface area contributed by atoms with Crippen molar-refractivity contribution in [3.63, 3.8) is 0 Å². The summed E-state index contributed by atoms with van der Waals surface area (Å²) in [6, 6.07) is 7.07. The van der Waals surface area contributed by atoms with Crippen LogP contribution in [0, 0.1) is 17.0 Å². The van der Waals surface area contributed by atoms with E-state index in [1.807, 2.05) is 0 Å². The van der Waals surface area contributed by atoms with Crippen molar-refractivity contribution < 1.29 is 21.8 Å². The van der Waals surface area contributed by atoms with Crippen molar-refractivity contribution in [1.29, 1.82) is 0 Å². The van der Waals surface area contributed by atoms with Gasteiger partial charge < -0.3 is 0 Å². The molecule has 2 aromatic rings. The van der Waals surface area contributed by atoms with E-state index in [9.17, 15) is 26.9 Å². The number of hydrogen-bond acceptors (Lipinski definition) is 6. The van der Waals surface area contributed by atoms with Crippen LogP contribution in [-0.4, -0.2) is 28.0 Å². The second kappa shape index (κ2) is 6.62. The normalized spacial score (nSPS) is 12.0. The number of sulfonamides is 1. The molecule has 0 atom stereocenters. The molecule has 0 aliphatic carbocycles. The number of nitrogens with one attached hydrogen (secondary N) is 1. The maximum atomic E-state index is 12.4. The molecule has 1 N–H and O–H groups in total. The van der Waals surface area contributed by atoms with Gasteiger partial charge in [0.05, 0.1) is 19.7 Å². The van der Waals surface area contributed by atoms with Crippen LogP contribution in [0.5, 0.6) is 0 Å². The van der Waals surface area contributed by atoms with Crippen molar-refractivity contribution in [1.82, 2.24) is 0 Å². The fourth-order valence-corrected chi connectivity index (χ4v) is 3.98. The van der Waals surface area contributed by atoms with Crippen LogP contribution < -0.4 is 4.72 Å². The second-order valence-electron chi connectivity index (χ2n) is 5.21. The lowest BCUT2D eigenvalue weighted by molar-refractivity contribution is -0.385. The number of hydrogen-bond donors (Lipinski definition) is 1.